The van der Waals surface area contributed by atoms with Gasteiger partial charge in [-0.2, -0.15) is 26.3 Å². The van der Waals surface area contributed by atoms with Crippen LogP contribution in [0.4, 0.5) is 35.1 Å². The second-order valence-corrected chi connectivity index (χ2v) is 34.2. The summed E-state index contributed by atoms with van der Waals surface area (Å²) in [7, 11) is 8.25. The Kier molecular flexibility index (Phi) is 29.8. The highest BCUT2D eigenvalue weighted by Gasteiger charge is 2.56. The second kappa shape index (κ2) is 37.5. The Bertz CT molecular complexity index is 3310. The molecule has 9 fully saturated rings. The van der Waals surface area contributed by atoms with E-state index in [1.807, 2.05) is 13.8 Å². The van der Waals surface area contributed by atoms with Crippen molar-refractivity contribution in [1.82, 2.24) is 60.0 Å². The van der Waals surface area contributed by atoms with E-state index < -0.39 is 224 Å². The van der Waals surface area contributed by atoms with E-state index in [4.69, 9.17) is 4.74 Å². The van der Waals surface area contributed by atoms with Gasteiger partial charge in [0.25, 0.3) is 0 Å². The number of morpholine rings is 1. The Morgan fingerprint density at radius 1 is 0.559 bits per heavy atom. The number of alkyl halides is 8. The van der Waals surface area contributed by atoms with Crippen LogP contribution in [0.2, 0.25) is 0 Å². The lowest BCUT2D eigenvalue weighted by Gasteiger charge is -2.43. The van der Waals surface area contributed by atoms with Crippen LogP contribution in [0.25, 0.3) is 0 Å². The average molecular weight is 1590 g/mol. The fourth-order valence-electron chi connectivity index (χ4n) is 19.3. The average Bonchev–Trinajstić information content (AvgIpc) is 1.72. The van der Waals surface area contributed by atoms with Crippen LogP contribution in [0, 0.1) is 41.4 Å². The molecule has 0 aromatic carbocycles. The van der Waals surface area contributed by atoms with Crippen molar-refractivity contribution in [3.63, 3.8) is 0 Å². The predicted octanol–water partition coefficient (Wildman–Crippen LogP) is 7.25. The van der Waals surface area contributed by atoms with Crippen molar-refractivity contribution in [3.8, 4) is 0 Å². The zero-order valence-corrected chi connectivity index (χ0v) is 66.4. The number of rotatable bonds is 11. The van der Waals surface area contributed by atoms with Crippen LogP contribution in [0.15, 0.2) is 0 Å². The molecule has 33 heteroatoms. The molecule has 626 valence electrons. The van der Waals surface area contributed by atoms with Gasteiger partial charge in [-0.1, -0.05) is 72.6 Å². The third-order valence-corrected chi connectivity index (χ3v) is 26.1. The minimum atomic E-state index is -5.20. The molecule has 111 heavy (non-hydrogen) atoms. The van der Waals surface area contributed by atoms with Crippen LogP contribution in [0.1, 0.15) is 207 Å². The number of carbonyl (C=O) groups is 12. The number of ether oxygens (including phenoxy) is 1. The Morgan fingerprint density at radius 3 is 1.75 bits per heavy atom. The minimum Gasteiger partial charge on any atom is -0.377 e. The molecule has 25 nitrogen and oxygen atoms in total. The van der Waals surface area contributed by atoms with Crippen LogP contribution in [0.3, 0.4) is 0 Å². The predicted molar refractivity (Wildman–Crippen MR) is 391 cm³/mol. The molecule has 9 aliphatic rings. The summed E-state index contributed by atoms with van der Waals surface area (Å²) in [5, 5.41) is 8.58. The molecule has 0 radical (unpaired) electrons. The first-order chi connectivity index (χ1) is 52.3. The van der Waals surface area contributed by atoms with Gasteiger partial charge in [0.2, 0.25) is 70.9 Å². The molecule has 9 rings (SSSR count). The maximum Gasteiger partial charge on any atom is 0.397 e. The lowest BCUT2D eigenvalue weighted by molar-refractivity contribution is -0.219. The maximum absolute atomic E-state index is 15.9. The van der Waals surface area contributed by atoms with Crippen LogP contribution in [0.5, 0.6) is 0 Å². The number of fused-ring (bicyclic) bond motifs is 5. The summed E-state index contributed by atoms with van der Waals surface area (Å²) in [4.78, 5) is 195. The summed E-state index contributed by atoms with van der Waals surface area (Å²) in [5.41, 5.74) is -1.67. The largest absolute Gasteiger partial charge is 0.397 e. The lowest BCUT2D eigenvalue weighted by atomic mass is 9.76. The van der Waals surface area contributed by atoms with Gasteiger partial charge in [0, 0.05) is 55.4 Å². The topological polar surface area (TPSA) is 279 Å². The van der Waals surface area contributed by atoms with E-state index in [-0.39, 0.29) is 121 Å². The Balaban J connectivity index is 1.10. The first-order valence-electron chi connectivity index (χ1n) is 40.7. The van der Waals surface area contributed by atoms with Crippen molar-refractivity contribution >= 4 is 70.9 Å². The third-order valence-electron chi connectivity index (χ3n) is 26.1. The monoisotopic (exact) mass is 1580 g/mol. The number of hydrogen-bond donors (Lipinski definition) is 3. The molecule has 13 atom stereocenters. The molecule has 5 aliphatic heterocycles. The number of carbonyl (C=O) groups excluding carboxylic acids is 12. The van der Waals surface area contributed by atoms with Gasteiger partial charge in [-0.25, -0.2) is 8.78 Å². The highest BCUT2D eigenvalue weighted by molar-refractivity contribution is 6.01. The Hall–Kier alpha value is -6.96. The molecule has 0 aromatic heterocycles. The molecule has 4 bridgehead atoms. The van der Waals surface area contributed by atoms with Gasteiger partial charge in [-0.05, 0) is 158 Å². The fourth-order valence-corrected chi connectivity index (χ4v) is 19.3. The van der Waals surface area contributed by atoms with Gasteiger partial charge in [0.05, 0.1) is 50.7 Å². The van der Waals surface area contributed by atoms with Gasteiger partial charge in [-0.3, -0.25) is 57.5 Å². The summed E-state index contributed by atoms with van der Waals surface area (Å²) in [6, 6.07) is -11.8. The molecule has 5 heterocycles. The number of nitrogens with one attached hydrogen (secondary N) is 3. The van der Waals surface area contributed by atoms with Crippen LogP contribution < -0.4 is 16.0 Å². The van der Waals surface area contributed by atoms with Crippen molar-refractivity contribution < 1.29 is 97.4 Å². The molecule has 1 spiro atoms. The van der Waals surface area contributed by atoms with Crippen molar-refractivity contribution in [3.05, 3.63) is 0 Å². The van der Waals surface area contributed by atoms with E-state index in [1.54, 1.807) is 18.7 Å². The molecular formula is C78H120F8N12O13. The SMILES string of the molecule is CC[C@H](C)[C@@H]1NC(=O)[C@H](CC(C)C)N(C)C(=O)C[C@@H](C(=O)N2C3CCC2COC3)N(C)C(=O)[C@H](C2CCCC2)N(C)C(=O)C2(CCCC2)NC(=O)[C@@H]2CCCN2C(=O)[C@H](CCC2CC(F)C(C(F)(F)F)C(F)C2)NC(=O)CN(C)C(=O)[C@H](CC2CCC(C(F)(F)F)CC2)N2CCCCC[C@@H](C2=O)N(C)C(=O)CN(C)C1=O. The quantitative estimate of drug-likeness (QED) is 0.172. The number of hydrogen-bond acceptors (Lipinski definition) is 13. The van der Waals surface area contributed by atoms with E-state index in [0.29, 0.717) is 77.0 Å². The van der Waals surface area contributed by atoms with E-state index in [2.05, 4.69) is 16.0 Å². The number of amides is 12. The Morgan fingerprint density at radius 2 is 1.15 bits per heavy atom. The zero-order valence-electron chi connectivity index (χ0n) is 66.4. The number of halogens is 8. The first-order valence-corrected chi connectivity index (χ1v) is 40.7. The highest BCUT2D eigenvalue weighted by atomic mass is 19.4. The van der Waals surface area contributed by atoms with E-state index >= 15 is 51.9 Å². The van der Waals surface area contributed by atoms with Crippen LogP contribution >= 0.6 is 0 Å². The molecule has 4 aliphatic carbocycles. The van der Waals surface area contributed by atoms with Gasteiger partial charge in [-0.15, -0.1) is 0 Å². The fraction of sp³-hybridized carbons (Fsp3) is 0.846. The minimum absolute atomic E-state index is 0.0180. The first kappa shape index (κ1) is 88.0. The highest BCUT2D eigenvalue weighted by Crippen LogP contribution is 2.46. The van der Waals surface area contributed by atoms with E-state index in [1.165, 1.54) is 71.7 Å². The Labute approximate surface area is 647 Å². The lowest BCUT2D eigenvalue weighted by Crippen LogP contribution is -2.65. The zero-order chi connectivity index (χ0) is 81.5. The van der Waals surface area contributed by atoms with Gasteiger partial charge in [0.1, 0.15) is 72.1 Å². The van der Waals surface area contributed by atoms with E-state index in [9.17, 15) is 40.7 Å². The summed E-state index contributed by atoms with van der Waals surface area (Å²) in [6.45, 7) is 5.99. The van der Waals surface area contributed by atoms with Gasteiger partial charge in [0.15, 0.2) is 0 Å². The summed E-state index contributed by atoms with van der Waals surface area (Å²) in [6.07, 6.45) is -11.9. The smallest absolute Gasteiger partial charge is 0.377 e. The van der Waals surface area contributed by atoms with E-state index in [0.717, 1.165) is 9.80 Å². The van der Waals surface area contributed by atoms with Gasteiger partial charge >= 0.3 is 12.4 Å². The molecular weight excluding hydrogens is 1460 g/mol. The standard InChI is InChI=1S/C78H120F8N12O13/c1-11-46(4)65-73(108)91(6)42-63(101)92(7)57-22-13-12-18-34-97(71(57)106)60(39-47-24-27-50(28-25-47)77(81,82)83)70(105)90(5)41-61(99)87-55(31-26-48-37-53(79)64(54(80)38-48)78(84,85)86)69(104)96-35-19-23-56(96)68(103)89-76(32-16-17-33-76)75(110)95(10)66(49-20-14-15-21-49)74(109)94(9)59(72(107)98-51-29-30-52(98)44-111-43-51)40-62(100)93(8)58(36-45(2)3)67(102)88-65/h45-60,64-66H,11-44H2,1-10H3,(H,87,99)(H,88,102)(H,89,103)/t46-,47?,48?,50?,51?,52?,53?,54?,55-,56-,57-,58-,59-,60-,64?,65-,66-/m0/s1. The third kappa shape index (κ3) is 20.6. The summed E-state index contributed by atoms with van der Waals surface area (Å²) in [5.74, 6) is -16.3. The molecule has 4 unspecified atom stereocenters. The molecule has 4 saturated carbocycles. The normalized spacial score (nSPS) is 33.3. The molecule has 0 aromatic rings. The number of likely N-dealkylation sites (N-methyl/N-ethyl adjacent to an activating group) is 6. The molecule has 12 amide bonds. The van der Waals surface area contributed by atoms with Crippen molar-refractivity contribution in [2.45, 2.75) is 298 Å². The van der Waals surface area contributed by atoms with Crippen LogP contribution in [-0.2, 0) is 62.3 Å². The van der Waals surface area contributed by atoms with Crippen molar-refractivity contribution in [1.29, 1.82) is 0 Å². The second-order valence-electron chi connectivity index (χ2n) is 34.2. The maximum atomic E-state index is 15.9. The van der Waals surface area contributed by atoms with Crippen molar-refractivity contribution in [2.24, 2.45) is 41.4 Å². The summed E-state index contributed by atoms with van der Waals surface area (Å²) >= 11 is 0. The van der Waals surface area contributed by atoms with Crippen molar-refractivity contribution in [2.75, 3.05) is 81.7 Å². The molecule has 3 N–H and O–H groups in total. The molecule has 5 saturated heterocycles. The van der Waals surface area contributed by atoms with Gasteiger partial charge < -0.3 is 64.8 Å². The van der Waals surface area contributed by atoms with Crippen LogP contribution in [-0.4, -0.2) is 287 Å². The summed E-state index contributed by atoms with van der Waals surface area (Å²) < 4.78 is 121. The number of nitrogens with zero attached hydrogens (tertiary/aromatic N) is 9.